The Labute approximate surface area is 125 Å². The number of amides is 2. The van der Waals surface area contributed by atoms with Gasteiger partial charge in [0.1, 0.15) is 0 Å². The second-order valence-corrected chi connectivity index (χ2v) is 5.84. The number of hydrogen-bond acceptors (Lipinski definition) is 3. The van der Waals surface area contributed by atoms with E-state index in [0.717, 1.165) is 37.9 Å². The lowest BCUT2D eigenvalue weighted by Gasteiger charge is -2.30. The molecule has 2 rings (SSSR count). The lowest BCUT2D eigenvalue weighted by Crippen LogP contribution is -2.34. The van der Waals surface area contributed by atoms with Crippen LogP contribution in [0.5, 0.6) is 0 Å². The summed E-state index contributed by atoms with van der Waals surface area (Å²) in [4.78, 5) is 29.2. The van der Waals surface area contributed by atoms with Gasteiger partial charge in [-0.05, 0) is 43.7 Å². The Hall–Kier alpha value is -1.91. The minimum atomic E-state index is 0.0806. The van der Waals surface area contributed by atoms with Gasteiger partial charge in [0, 0.05) is 44.5 Å². The summed E-state index contributed by atoms with van der Waals surface area (Å²) in [6, 6.07) is 3.59. The van der Waals surface area contributed by atoms with E-state index in [2.05, 4.69) is 10.3 Å². The topological polar surface area (TPSA) is 62.3 Å². The average molecular weight is 289 g/mol. The number of carbonyl (C=O) groups is 2. The van der Waals surface area contributed by atoms with E-state index < -0.39 is 0 Å². The highest BCUT2D eigenvalue weighted by Crippen LogP contribution is 2.30. The largest absolute Gasteiger partial charge is 0.346 e. The Bertz CT molecular complexity index is 482. The standard InChI is InChI=1S/C16H23N3O2/c1-12(20)19(2)11-13-3-5-14(6-4-13)16(21)18-15-7-9-17-10-8-15/h7-10,13-14H,3-6,11H2,1-2H3,(H,17,18,21)/t13-,14-. The highest BCUT2D eigenvalue weighted by Gasteiger charge is 2.27. The monoisotopic (exact) mass is 289 g/mol. The highest BCUT2D eigenvalue weighted by atomic mass is 16.2. The van der Waals surface area contributed by atoms with Gasteiger partial charge in [-0.2, -0.15) is 0 Å². The van der Waals surface area contributed by atoms with Crippen LogP contribution in [0.15, 0.2) is 24.5 Å². The zero-order valence-electron chi connectivity index (χ0n) is 12.7. The van der Waals surface area contributed by atoms with Crippen molar-refractivity contribution in [3.63, 3.8) is 0 Å². The highest BCUT2D eigenvalue weighted by molar-refractivity contribution is 5.92. The zero-order valence-corrected chi connectivity index (χ0v) is 12.7. The van der Waals surface area contributed by atoms with E-state index in [4.69, 9.17) is 0 Å². The molecule has 2 amide bonds. The van der Waals surface area contributed by atoms with E-state index in [1.54, 1.807) is 36.4 Å². The molecular weight excluding hydrogens is 266 g/mol. The van der Waals surface area contributed by atoms with Crippen LogP contribution >= 0.6 is 0 Å². The first-order chi connectivity index (χ1) is 10.1. The van der Waals surface area contributed by atoms with Crippen LogP contribution in [0.2, 0.25) is 0 Å². The third kappa shape index (κ3) is 4.55. The van der Waals surface area contributed by atoms with Crippen molar-refractivity contribution < 1.29 is 9.59 Å². The van der Waals surface area contributed by atoms with Gasteiger partial charge in [-0.1, -0.05) is 0 Å². The smallest absolute Gasteiger partial charge is 0.227 e. The second-order valence-electron chi connectivity index (χ2n) is 5.84. The third-order valence-electron chi connectivity index (χ3n) is 4.24. The van der Waals surface area contributed by atoms with E-state index in [-0.39, 0.29) is 17.7 Å². The van der Waals surface area contributed by atoms with Crippen LogP contribution in [0.4, 0.5) is 5.69 Å². The lowest BCUT2D eigenvalue weighted by molar-refractivity contribution is -0.128. The van der Waals surface area contributed by atoms with E-state index in [1.807, 2.05) is 7.05 Å². The van der Waals surface area contributed by atoms with Crippen molar-refractivity contribution in [2.45, 2.75) is 32.6 Å². The van der Waals surface area contributed by atoms with Gasteiger partial charge in [0.05, 0.1) is 0 Å². The molecule has 0 unspecified atom stereocenters. The van der Waals surface area contributed by atoms with E-state index in [9.17, 15) is 9.59 Å². The molecule has 0 aromatic carbocycles. The molecule has 1 fully saturated rings. The van der Waals surface area contributed by atoms with Crippen LogP contribution in [0.25, 0.3) is 0 Å². The molecule has 1 saturated carbocycles. The molecule has 1 aromatic heterocycles. The van der Waals surface area contributed by atoms with Crippen LogP contribution in [0, 0.1) is 11.8 Å². The summed E-state index contributed by atoms with van der Waals surface area (Å²) >= 11 is 0. The molecule has 1 aliphatic carbocycles. The van der Waals surface area contributed by atoms with Gasteiger partial charge in [-0.25, -0.2) is 0 Å². The predicted molar refractivity (Wildman–Crippen MR) is 81.6 cm³/mol. The van der Waals surface area contributed by atoms with Crippen LogP contribution in [0.3, 0.4) is 0 Å². The van der Waals surface area contributed by atoms with E-state index in [1.165, 1.54) is 0 Å². The molecule has 1 aliphatic rings. The quantitative estimate of drug-likeness (QED) is 0.925. The molecule has 5 heteroatoms. The third-order valence-corrected chi connectivity index (χ3v) is 4.24. The van der Waals surface area contributed by atoms with Gasteiger partial charge in [0.25, 0.3) is 0 Å². The molecule has 1 heterocycles. The van der Waals surface area contributed by atoms with Crippen molar-refractivity contribution in [2.24, 2.45) is 11.8 Å². The fraction of sp³-hybridized carbons (Fsp3) is 0.562. The molecule has 0 radical (unpaired) electrons. The number of carbonyl (C=O) groups excluding carboxylic acids is 2. The van der Waals surface area contributed by atoms with Crippen LogP contribution in [-0.2, 0) is 9.59 Å². The zero-order chi connectivity index (χ0) is 15.2. The summed E-state index contributed by atoms with van der Waals surface area (Å²) in [7, 11) is 1.84. The number of nitrogens with zero attached hydrogens (tertiary/aromatic N) is 2. The first-order valence-corrected chi connectivity index (χ1v) is 7.49. The Kier molecular flexibility index (Phi) is 5.31. The fourth-order valence-electron chi connectivity index (χ4n) is 2.80. The molecule has 0 aliphatic heterocycles. The summed E-state index contributed by atoms with van der Waals surface area (Å²) in [5, 5.41) is 2.94. The van der Waals surface area contributed by atoms with Gasteiger partial charge >= 0.3 is 0 Å². The minimum absolute atomic E-state index is 0.0806. The first-order valence-electron chi connectivity index (χ1n) is 7.49. The molecule has 114 valence electrons. The van der Waals surface area contributed by atoms with Crippen molar-refractivity contribution >= 4 is 17.5 Å². The van der Waals surface area contributed by atoms with Crippen LogP contribution in [0.1, 0.15) is 32.6 Å². The Morgan fingerprint density at radius 1 is 1.24 bits per heavy atom. The molecular formula is C16H23N3O2. The normalized spacial score (nSPS) is 21.6. The molecule has 0 saturated heterocycles. The minimum Gasteiger partial charge on any atom is -0.346 e. The molecule has 1 N–H and O–H groups in total. The first kappa shape index (κ1) is 15.5. The maximum absolute atomic E-state index is 12.2. The molecule has 5 nitrogen and oxygen atoms in total. The van der Waals surface area contributed by atoms with Gasteiger partial charge in [-0.3, -0.25) is 14.6 Å². The Morgan fingerprint density at radius 3 is 2.43 bits per heavy atom. The van der Waals surface area contributed by atoms with Crippen LogP contribution < -0.4 is 5.32 Å². The number of rotatable bonds is 4. The molecule has 1 aromatic rings. The summed E-state index contributed by atoms with van der Waals surface area (Å²) < 4.78 is 0. The van der Waals surface area contributed by atoms with Crippen molar-refractivity contribution in [1.82, 2.24) is 9.88 Å². The summed E-state index contributed by atoms with van der Waals surface area (Å²) in [5.74, 6) is 0.799. The maximum Gasteiger partial charge on any atom is 0.227 e. The van der Waals surface area contributed by atoms with Crippen LogP contribution in [-0.4, -0.2) is 35.3 Å². The SMILES string of the molecule is CC(=O)N(C)C[C@H]1CC[C@H](C(=O)Nc2ccncc2)CC1. The summed E-state index contributed by atoms with van der Waals surface area (Å²) in [5.41, 5.74) is 0.799. The van der Waals surface area contributed by atoms with Crippen molar-refractivity contribution in [2.75, 3.05) is 18.9 Å². The second kappa shape index (κ2) is 7.20. The Balaban J connectivity index is 1.78. The van der Waals surface area contributed by atoms with Crippen molar-refractivity contribution in [3.8, 4) is 0 Å². The number of nitrogens with one attached hydrogen (secondary N) is 1. The van der Waals surface area contributed by atoms with E-state index >= 15 is 0 Å². The fourth-order valence-corrected chi connectivity index (χ4v) is 2.80. The molecule has 0 bridgehead atoms. The predicted octanol–water partition coefficient (Wildman–Crippen LogP) is 2.30. The number of pyridine rings is 1. The number of anilines is 1. The van der Waals surface area contributed by atoms with Crippen molar-refractivity contribution in [1.29, 1.82) is 0 Å². The summed E-state index contributed by atoms with van der Waals surface area (Å²) in [6.07, 6.45) is 7.15. The molecule has 0 spiro atoms. The number of hydrogen-bond donors (Lipinski definition) is 1. The van der Waals surface area contributed by atoms with Crippen molar-refractivity contribution in [3.05, 3.63) is 24.5 Å². The number of aromatic nitrogens is 1. The maximum atomic E-state index is 12.2. The van der Waals surface area contributed by atoms with Gasteiger partial charge in [-0.15, -0.1) is 0 Å². The van der Waals surface area contributed by atoms with Gasteiger partial charge in [0.15, 0.2) is 0 Å². The van der Waals surface area contributed by atoms with Gasteiger partial charge < -0.3 is 10.2 Å². The molecule has 0 atom stereocenters. The average Bonchev–Trinajstić information content (AvgIpc) is 2.48. The van der Waals surface area contributed by atoms with E-state index in [0.29, 0.717) is 5.92 Å². The van der Waals surface area contributed by atoms with Gasteiger partial charge in [0.2, 0.25) is 11.8 Å². The lowest BCUT2D eigenvalue weighted by atomic mass is 9.81. The molecule has 21 heavy (non-hydrogen) atoms. The Morgan fingerprint density at radius 2 is 1.86 bits per heavy atom. The summed E-state index contributed by atoms with van der Waals surface area (Å²) in [6.45, 7) is 2.39.